The molecule has 0 aliphatic carbocycles. The zero-order chi connectivity index (χ0) is 18.9. The van der Waals surface area contributed by atoms with Gasteiger partial charge in [0.15, 0.2) is 5.72 Å². The van der Waals surface area contributed by atoms with Gasteiger partial charge in [0.1, 0.15) is 11.5 Å². The predicted octanol–water partition coefficient (Wildman–Crippen LogP) is 2.84. The van der Waals surface area contributed by atoms with E-state index >= 15 is 0 Å². The minimum atomic E-state index is -0.757. The van der Waals surface area contributed by atoms with Crippen molar-refractivity contribution in [3.8, 4) is 11.5 Å². The molecule has 7 nitrogen and oxygen atoms in total. The Hall–Kier alpha value is -3.22. The van der Waals surface area contributed by atoms with Crippen molar-refractivity contribution in [2.45, 2.75) is 18.6 Å². The summed E-state index contributed by atoms with van der Waals surface area (Å²) in [4.78, 5) is 26.7. The summed E-state index contributed by atoms with van der Waals surface area (Å²) in [5, 5.41) is 5.86. The maximum Gasteiger partial charge on any atom is 0.321 e. The highest BCUT2D eigenvalue weighted by molar-refractivity contribution is 5.98. The molecule has 0 bridgehead atoms. The minimum absolute atomic E-state index is 0.135. The number of carbonyl (C=O) groups excluding carboxylic acids is 2. The number of benzene rings is 2. The van der Waals surface area contributed by atoms with E-state index in [0.29, 0.717) is 48.7 Å². The lowest BCUT2D eigenvalue weighted by atomic mass is 9.97. The van der Waals surface area contributed by atoms with Gasteiger partial charge in [-0.15, -0.1) is 0 Å². The number of carbonyl (C=O) groups is 2. The van der Waals surface area contributed by atoms with Crippen LogP contribution in [-0.2, 0) is 0 Å². The van der Waals surface area contributed by atoms with Gasteiger partial charge < -0.3 is 25.0 Å². The summed E-state index contributed by atoms with van der Waals surface area (Å²) < 4.78 is 11.4. The molecule has 2 aromatic carbocycles. The van der Waals surface area contributed by atoms with Crippen LogP contribution in [0.4, 0.5) is 10.5 Å². The molecule has 0 aromatic heterocycles. The number of nitrogens with one attached hydrogen (secondary N) is 2. The first-order valence-electron chi connectivity index (χ1n) is 8.90. The fraction of sp³-hybridized carbons (Fsp3) is 0.300. The number of hydrogen-bond acceptors (Lipinski definition) is 4. The van der Waals surface area contributed by atoms with Crippen molar-refractivity contribution >= 4 is 17.6 Å². The first kappa shape index (κ1) is 17.2. The molecule has 1 saturated heterocycles. The van der Waals surface area contributed by atoms with E-state index in [1.807, 2.05) is 24.3 Å². The number of hydrogen-bond donors (Lipinski definition) is 2. The molecule has 2 aliphatic rings. The highest BCUT2D eigenvalue weighted by Crippen LogP contribution is 2.33. The third-order valence-electron chi connectivity index (χ3n) is 4.99. The maximum absolute atomic E-state index is 12.6. The van der Waals surface area contributed by atoms with Crippen molar-refractivity contribution in [1.29, 1.82) is 0 Å². The summed E-state index contributed by atoms with van der Waals surface area (Å²) in [6, 6.07) is 14.3. The monoisotopic (exact) mass is 367 g/mol. The molecular weight excluding hydrogens is 346 g/mol. The van der Waals surface area contributed by atoms with Crippen LogP contribution in [-0.4, -0.2) is 42.8 Å². The molecule has 2 aromatic rings. The topological polar surface area (TPSA) is 79.9 Å². The molecule has 2 N–H and O–H groups in total. The largest absolute Gasteiger partial charge is 0.495 e. The molecule has 27 heavy (non-hydrogen) atoms. The standard InChI is InChI=1S/C20H21N3O4/c1-26-17-9-5-3-7-15(17)21-19(25)23-12-10-20(11-13-23)22-18(24)14-6-2-4-8-16(14)27-20/h2-9H,10-13H2,1H3,(H,21,25)(H,22,24). The van der Waals surface area contributed by atoms with Crippen LogP contribution >= 0.6 is 0 Å². The summed E-state index contributed by atoms with van der Waals surface area (Å²) in [6.07, 6.45) is 1.04. The first-order valence-corrected chi connectivity index (χ1v) is 8.90. The molecule has 4 rings (SSSR count). The number of para-hydroxylation sites is 3. The maximum atomic E-state index is 12.6. The Morgan fingerprint density at radius 3 is 2.63 bits per heavy atom. The Kier molecular flexibility index (Phi) is 4.35. The van der Waals surface area contributed by atoms with Gasteiger partial charge in [-0.2, -0.15) is 0 Å². The van der Waals surface area contributed by atoms with Crippen molar-refractivity contribution in [2.24, 2.45) is 0 Å². The van der Waals surface area contributed by atoms with Gasteiger partial charge in [0.25, 0.3) is 5.91 Å². The van der Waals surface area contributed by atoms with Gasteiger partial charge in [-0.1, -0.05) is 24.3 Å². The van der Waals surface area contributed by atoms with Crippen molar-refractivity contribution < 1.29 is 19.1 Å². The zero-order valence-corrected chi connectivity index (χ0v) is 15.0. The van der Waals surface area contributed by atoms with Gasteiger partial charge in [-0.25, -0.2) is 4.79 Å². The molecule has 1 fully saturated rings. The number of piperidine rings is 1. The zero-order valence-electron chi connectivity index (χ0n) is 15.0. The number of rotatable bonds is 2. The van der Waals surface area contributed by atoms with Crippen LogP contribution in [0.2, 0.25) is 0 Å². The summed E-state index contributed by atoms with van der Waals surface area (Å²) in [5.74, 6) is 1.07. The van der Waals surface area contributed by atoms with Crippen molar-refractivity contribution in [3.63, 3.8) is 0 Å². The van der Waals surface area contributed by atoms with E-state index in [1.54, 1.807) is 36.3 Å². The average molecular weight is 367 g/mol. The lowest BCUT2D eigenvalue weighted by Crippen LogP contribution is -2.61. The summed E-state index contributed by atoms with van der Waals surface area (Å²) in [7, 11) is 1.57. The molecule has 1 spiro atoms. The highest BCUT2D eigenvalue weighted by Gasteiger charge is 2.43. The number of ether oxygens (including phenoxy) is 2. The van der Waals surface area contributed by atoms with Gasteiger partial charge in [0.2, 0.25) is 0 Å². The van der Waals surface area contributed by atoms with E-state index in [9.17, 15) is 9.59 Å². The van der Waals surface area contributed by atoms with E-state index in [1.165, 1.54) is 0 Å². The summed E-state index contributed by atoms with van der Waals surface area (Å²) >= 11 is 0. The smallest absolute Gasteiger partial charge is 0.321 e. The van der Waals surface area contributed by atoms with Crippen LogP contribution in [0.5, 0.6) is 11.5 Å². The Balaban J connectivity index is 1.42. The van der Waals surface area contributed by atoms with E-state index in [0.717, 1.165) is 0 Å². The van der Waals surface area contributed by atoms with Gasteiger partial charge in [-0.3, -0.25) is 4.79 Å². The quantitative estimate of drug-likeness (QED) is 0.855. The van der Waals surface area contributed by atoms with E-state index in [4.69, 9.17) is 9.47 Å². The van der Waals surface area contributed by atoms with Gasteiger partial charge in [-0.05, 0) is 24.3 Å². The van der Waals surface area contributed by atoms with Crippen LogP contribution < -0.4 is 20.1 Å². The van der Waals surface area contributed by atoms with Crippen LogP contribution in [0.1, 0.15) is 23.2 Å². The number of methoxy groups -OCH3 is 1. The molecule has 0 atom stereocenters. The minimum Gasteiger partial charge on any atom is -0.495 e. The number of fused-ring (bicyclic) bond motifs is 1. The first-order chi connectivity index (χ1) is 13.1. The number of urea groups is 1. The molecule has 140 valence electrons. The highest BCUT2D eigenvalue weighted by atomic mass is 16.5. The molecule has 3 amide bonds. The number of amides is 3. The van der Waals surface area contributed by atoms with E-state index in [2.05, 4.69) is 10.6 Å². The van der Waals surface area contributed by atoms with Gasteiger partial charge >= 0.3 is 6.03 Å². The molecule has 0 unspecified atom stereocenters. The molecule has 0 radical (unpaired) electrons. The SMILES string of the molecule is COc1ccccc1NC(=O)N1CCC2(CC1)NC(=O)c1ccccc1O2. The fourth-order valence-corrected chi connectivity index (χ4v) is 3.49. The molecule has 2 aliphatic heterocycles. The Bertz CT molecular complexity index is 875. The molecule has 2 heterocycles. The second-order valence-electron chi connectivity index (χ2n) is 6.66. The van der Waals surface area contributed by atoms with Crippen LogP contribution in [0.25, 0.3) is 0 Å². The van der Waals surface area contributed by atoms with Crippen molar-refractivity contribution in [3.05, 3.63) is 54.1 Å². The Labute approximate surface area is 157 Å². The second-order valence-corrected chi connectivity index (χ2v) is 6.66. The lowest BCUT2D eigenvalue weighted by Gasteiger charge is -2.44. The van der Waals surface area contributed by atoms with Gasteiger partial charge in [0, 0.05) is 25.9 Å². The predicted molar refractivity (Wildman–Crippen MR) is 100 cm³/mol. The van der Waals surface area contributed by atoms with Crippen LogP contribution in [0, 0.1) is 0 Å². The third kappa shape index (κ3) is 3.28. The fourth-order valence-electron chi connectivity index (χ4n) is 3.49. The molecular formula is C20H21N3O4. The number of likely N-dealkylation sites (tertiary alicyclic amines) is 1. The second kappa shape index (κ2) is 6.83. The van der Waals surface area contributed by atoms with Crippen LogP contribution in [0.15, 0.2) is 48.5 Å². The van der Waals surface area contributed by atoms with Gasteiger partial charge in [0.05, 0.1) is 18.4 Å². The van der Waals surface area contributed by atoms with Crippen molar-refractivity contribution in [2.75, 3.05) is 25.5 Å². The Morgan fingerprint density at radius 1 is 1.15 bits per heavy atom. The lowest BCUT2D eigenvalue weighted by molar-refractivity contribution is -0.0203. The third-order valence-corrected chi connectivity index (χ3v) is 4.99. The average Bonchev–Trinajstić information content (AvgIpc) is 2.69. The van der Waals surface area contributed by atoms with Crippen molar-refractivity contribution in [1.82, 2.24) is 10.2 Å². The summed E-state index contributed by atoms with van der Waals surface area (Å²) in [6.45, 7) is 0.951. The normalized spacial score (nSPS) is 17.5. The Morgan fingerprint density at radius 2 is 1.85 bits per heavy atom. The van der Waals surface area contributed by atoms with Crippen LogP contribution in [0.3, 0.4) is 0 Å². The van der Waals surface area contributed by atoms with E-state index in [-0.39, 0.29) is 11.9 Å². The number of nitrogens with zero attached hydrogens (tertiary/aromatic N) is 1. The number of anilines is 1. The summed E-state index contributed by atoms with van der Waals surface area (Å²) in [5.41, 5.74) is 0.410. The van der Waals surface area contributed by atoms with E-state index < -0.39 is 5.72 Å². The molecule has 0 saturated carbocycles. The molecule has 7 heteroatoms.